The van der Waals surface area contributed by atoms with Crippen molar-refractivity contribution in [1.82, 2.24) is 9.80 Å². The Balaban J connectivity index is 1.98. The molecule has 0 bridgehead atoms. The van der Waals surface area contributed by atoms with Crippen molar-refractivity contribution in [1.29, 1.82) is 0 Å². The van der Waals surface area contributed by atoms with E-state index in [1.165, 1.54) is 12.0 Å². The van der Waals surface area contributed by atoms with Gasteiger partial charge in [0.1, 0.15) is 24.6 Å². The summed E-state index contributed by atoms with van der Waals surface area (Å²) in [7, 11) is 6.36. The van der Waals surface area contributed by atoms with Crippen LogP contribution in [-0.2, 0) is 38.0 Å². The molecule has 0 aliphatic carbocycles. The number of hydrogen-bond donors (Lipinski definition) is 3. The summed E-state index contributed by atoms with van der Waals surface area (Å²) in [6.45, 7) is 4.93. The van der Waals surface area contributed by atoms with Crippen molar-refractivity contribution in [2.75, 3.05) is 35.2 Å². The van der Waals surface area contributed by atoms with Crippen molar-refractivity contribution in [3.8, 4) is 0 Å². The summed E-state index contributed by atoms with van der Waals surface area (Å²) in [4.78, 5) is 28.2. The lowest BCUT2D eigenvalue weighted by Gasteiger charge is -2.46. The fourth-order valence-electron chi connectivity index (χ4n) is 7.18. The summed E-state index contributed by atoms with van der Waals surface area (Å²) in [5.41, 5.74) is 0. The quantitative estimate of drug-likeness (QED) is 0.237. The molecule has 3 rings (SSSR count). The second kappa shape index (κ2) is 19.7. The predicted molar refractivity (Wildman–Crippen MR) is 182 cm³/mol. The second-order valence-electron chi connectivity index (χ2n) is 14.1. The van der Waals surface area contributed by atoms with Crippen LogP contribution in [0.3, 0.4) is 0 Å². The monoisotopic (exact) mass is 701 g/mol. The third kappa shape index (κ3) is 11.6. The molecule has 13 heteroatoms. The molecular weight excluding hydrogens is 636 g/mol. The van der Waals surface area contributed by atoms with Gasteiger partial charge in [0.15, 0.2) is 12.6 Å². The Kier molecular flexibility index (Phi) is 14.9. The first-order valence-electron chi connectivity index (χ1n) is 18.9. The summed E-state index contributed by atoms with van der Waals surface area (Å²) in [6.07, 6.45) is -0.646. The zero-order valence-corrected chi connectivity index (χ0v) is 30.3. The minimum absolute atomic E-state index is 0.0302. The van der Waals surface area contributed by atoms with E-state index in [4.69, 9.17) is 32.5 Å². The molecule has 1 unspecified atom stereocenters. The Morgan fingerprint density at radius 1 is 0.980 bits per heavy atom. The van der Waals surface area contributed by atoms with Gasteiger partial charge in [-0.15, -0.1) is 0 Å². The van der Waals surface area contributed by atoms with E-state index < -0.39 is 98.8 Å². The highest BCUT2D eigenvalue weighted by Crippen LogP contribution is 2.34. The Hall–Kier alpha value is -1.78. The molecule has 0 aromatic heterocycles. The van der Waals surface area contributed by atoms with Crippen LogP contribution in [-0.4, -0.2) is 152 Å². The minimum Gasteiger partial charge on any atom is -0.462 e. The topological polar surface area (TPSA) is 157 Å². The van der Waals surface area contributed by atoms with E-state index in [0.717, 1.165) is 6.29 Å². The number of aliphatic hydroxyl groups excluding tert-OH is 3. The van der Waals surface area contributed by atoms with Crippen molar-refractivity contribution in [3.05, 3.63) is 24.3 Å². The van der Waals surface area contributed by atoms with Crippen LogP contribution in [0.5, 0.6) is 0 Å². The standard InChI is InChI=1S/C36H62N2O11/c1-21-19-25(17-18-39)34(49-36-33(43)31(38(7)8)32(42)24(4)47-36)35(44-9)27(40)20-29(41)45-22(2)13-11-10-12-14-28(21)48-30-16-15-26(37(5)6)23(3)46-30/h10-12,14,18,21-28,30-36,40,42-43H,13,15-17,19-20H2,1-9H3/b11-10+,14-12+/t21-,22-,23-,24-,25?,26+,27-,28+,30+,31+,32-,33-,34+,35+,36+/m1/s1/i5D3. The van der Waals surface area contributed by atoms with E-state index in [2.05, 4.69) is 0 Å². The summed E-state index contributed by atoms with van der Waals surface area (Å²) < 4.78 is 60.1. The molecule has 3 heterocycles. The minimum atomic E-state index is -2.26. The number of hydrogen-bond acceptors (Lipinski definition) is 13. The van der Waals surface area contributed by atoms with E-state index in [1.807, 2.05) is 38.2 Å². The smallest absolute Gasteiger partial charge is 0.308 e. The second-order valence-corrected chi connectivity index (χ2v) is 14.1. The zero-order valence-electron chi connectivity index (χ0n) is 33.3. The molecule has 0 saturated carbocycles. The van der Waals surface area contributed by atoms with Crippen molar-refractivity contribution in [3.63, 3.8) is 0 Å². The average Bonchev–Trinajstić information content (AvgIpc) is 3.04. The van der Waals surface area contributed by atoms with E-state index in [0.29, 0.717) is 25.7 Å². The lowest BCUT2D eigenvalue weighted by Crippen LogP contribution is -2.63. The van der Waals surface area contributed by atoms with Gasteiger partial charge in [-0.05, 0) is 80.0 Å². The molecule has 49 heavy (non-hydrogen) atoms. The summed E-state index contributed by atoms with van der Waals surface area (Å²) >= 11 is 0. The van der Waals surface area contributed by atoms with E-state index >= 15 is 0 Å². The number of aldehydes is 1. The number of nitrogens with zero attached hydrogens (tertiary/aromatic N) is 2. The average molecular weight is 702 g/mol. The van der Waals surface area contributed by atoms with Crippen molar-refractivity contribution in [2.45, 2.75) is 146 Å². The molecule has 15 atom stereocenters. The van der Waals surface area contributed by atoms with Crippen molar-refractivity contribution >= 4 is 12.3 Å². The van der Waals surface area contributed by atoms with Crippen molar-refractivity contribution < 1.29 is 57.4 Å². The van der Waals surface area contributed by atoms with Gasteiger partial charge < -0.3 is 58.3 Å². The first-order chi connectivity index (χ1) is 24.4. The molecule has 3 aliphatic rings. The maximum atomic E-state index is 12.9. The third-order valence-corrected chi connectivity index (χ3v) is 9.91. The highest BCUT2D eigenvalue weighted by Gasteiger charge is 2.48. The molecule has 0 spiro atoms. The predicted octanol–water partition coefficient (Wildman–Crippen LogP) is 2.05. The van der Waals surface area contributed by atoms with E-state index in [9.17, 15) is 24.9 Å². The van der Waals surface area contributed by atoms with Crippen LogP contribution in [0.25, 0.3) is 0 Å². The molecule has 282 valence electrons. The summed E-state index contributed by atoms with van der Waals surface area (Å²) in [6, 6.07) is -1.07. The number of carbonyl (C=O) groups excluding carboxylic acids is 2. The summed E-state index contributed by atoms with van der Waals surface area (Å²) in [5.74, 6) is -1.55. The lowest BCUT2D eigenvalue weighted by molar-refractivity contribution is -0.309. The molecule has 0 amide bonds. The highest BCUT2D eigenvalue weighted by molar-refractivity contribution is 5.70. The lowest BCUT2D eigenvalue weighted by atomic mass is 9.82. The molecule has 13 nitrogen and oxygen atoms in total. The van der Waals surface area contributed by atoms with Gasteiger partial charge in [-0.1, -0.05) is 31.2 Å². The van der Waals surface area contributed by atoms with Gasteiger partial charge in [0.2, 0.25) is 0 Å². The van der Waals surface area contributed by atoms with Crippen LogP contribution >= 0.6 is 0 Å². The number of aliphatic hydroxyl groups is 3. The molecule has 3 aliphatic heterocycles. The van der Waals surface area contributed by atoms with Crippen LogP contribution in [0.4, 0.5) is 0 Å². The van der Waals surface area contributed by atoms with Gasteiger partial charge in [0.25, 0.3) is 0 Å². The number of allylic oxidation sites excluding steroid dienone is 2. The van der Waals surface area contributed by atoms with Crippen LogP contribution in [0.1, 0.15) is 70.3 Å². The first-order valence-corrected chi connectivity index (χ1v) is 17.4. The van der Waals surface area contributed by atoms with Crippen LogP contribution in [0.2, 0.25) is 0 Å². The Morgan fingerprint density at radius 2 is 1.71 bits per heavy atom. The Labute approximate surface area is 296 Å². The van der Waals surface area contributed by atoms with Gasteiger partial charge in [0.05, 0.1) is 49.1 Å². The Bertz CT molecular complexity index is 1180. The molecular formula is C36H62N2O11. The van der Waals surface area contributed by atoms with Crippen LogP contribution in [0, 0.1) is 11.8 Å². The number of cyclic esters (lactones) is 1. The van der Waals surface area contributed by atoms with Crippen LogP contribution in [0.15, 0.2) is 24.3 Å². The van der Waals surface area contributed by atoms with Gasteiger partial charge in [-0.2, -0.15) is 0 Å². The number of carbonyl (C=O) groups is 2. The maximum absolute atomic E-state index is 12.9. The van der Waals surface area contributed by atoms with Gasteiger partial charge in [-0.25, -0.2) is 0 Å². The molecule has 0 aromatic rings. The normalized spacial score (nSPS) is 44.4. The van der Waals surface area contributed by atoms with Crippen molar-refractivity contribution in [2.24, 2.45) is 11.8 Å². The highest BCUT2D eigenvalue weighted by atomic mass is 16.7. The van der Waals surface area contributed by atoms with Gasteiger partial charge in [0, 0.05) is 30.1 Å². The number of likely N-dealkylation sites (N-methyl/N-ethyl adjacent to an activating group) is 2. The fraction of sp³-hybridized carbons (Fsp3) is 0.833. The van der Waals surface area contributed by atoms with E-state index in [-0.39, 0.29) is 18.4 Å². The number of ether oxygens (including phenoxy) is 6. The maximum Gasteiger partial charge on any atom is 0.308 e. The largest absolute Gasteiger partial charge is 0.462 e. The fourth-order valence-corrected chi connectivity index (χ4v) is 7.18. The third-order valence-electron chi connectivity index (χ3n) is 9.91. The summed E-state index contributed by atoms with van der Waals surface area (Å²) in [5, 5.41) is 33.6. The van der Waals surface area contributed by atoms with E-state index in [1.54, 1.807) is 39.9 Å². The molecule has 0 aromatic carbocycles. The number of esters is 1. The Morgan fingerprint density at radius 3 is 2.35 bits per heavy atom. The van der Waals surface area contributed by atoms with Gasteiger partial charge in [-0.3, -0.25) is 4.79 Å². The van der Waals surface area contributed by atoms with Gasteiger partial charge >= 0.3 is 5.97 Å². The first kappa shape index (κ1) is 37.0. The van der Waals surface area contributed by atoms with Crippen LogP contribution < -0.4 is 0 Å². The molecule has 2 saturated heterocycles. The zero-order chi connectivity index (χ0) is 38.9. The molecule has 2 fully saturated rings. The molecule has 3 N–H and O–H groups in total. The molecule has 0 radical (unpaired) electrons. The number of methoxy groups -OCH3 is 1. The number of rotatable bonds is 9. The SMILES string of the molecule is [2H]C([2H])([2H])N(C)[C@H]1CC[C@H](O[C@H]2/C=C/C=C/C[C@@H](C)OC(=O)C[C@@H](O)[C@H](OC)[C@@H](O[C@@H]3O[C@H](C)[C@@H](O)[C@H](N(C)C)[C@H]3O)C(CC=O)C[C@H]2C)O[C@@H]1C.